The third kappa shape index (κ3) is 4.29. The van der Waals surface area contributed by atoms with E-state index in [-0.39, 0.29) is 5.91 Å². The van der Waals surface area contributed by atoms with E-state index in [4.69, 9.17) is 0 Å². The van der Waals surface area contributed by atoms with Crippen molar-refractivity contribution in [1.82, 2.24) is 10.2 Å². The highest BCUT2D eigenvalue weighted by atomic mass is 16.2. The number of nitrogens with one attached hydrogen (secondary N) is 2. The molecule has 0 bridgehead atoms. The molecule has 1 aromatic rings. The van der Waals surface area contributed by atoms with Crippen molar-refractivity contribution in [2.45, 2.75) is 45.7 Å². The molecule has 1 amide bonds. The molecular weight excluding hydrogens is 262 g/mol. The van der Waals surface area contributed by atoms with Gasteiger partial charge in [0.05, 0.1) is 6.54 Å². The highest BCUT2D eigenvalue weighted by Gasteiger charge is 2.24. The lowest BCUT2D eigenvalue weighted by Gasteiger charge is -2.37. The molecule has 0 spiro atoms. The Kier molecular flexibility index (Phi) is 5.37. The molecule has 0 radical (unpaired) electrons. The van der Waals surface area contributed by atoms with Crippen LogP contribution in [0.25, 0.3) is 0 Å². The molecule has 1 fully saturated rings. The highest BCUT2D eigenvalue weighted by molar-refractivity contribution is 5.93. The molecule has 116 valence electrons. The van der Waals surface area contributed by atoms with Gasteiger partial charge in [0.15, 0.2) is 0 Å². The quantitative estimate of drug-likeness (QED) is 0.895. The Bertz CT molecular complexity index is 487. The molecule has 4 nitrogen and oxygen atoms in total. The molecule has 21 heavy (non-hydrogen) atoms. The zero-order chi connectivity index (χ0) is 15.4. The summed E-state index contributed by atoms with van der Waals surface area (Å²) in [6.07, 6.45) is 0. The molecule has 2 rings (SSSR count). The molecule has 4 heteroatoms. The number of benzene rings is 1. The number of carbonyl (C=O) groups excluding carboxylic acids is 1. The van der Waals surface area contributed by atoms with Crippen LogP contribution in [-0.2, 0) is 4.79 Å². The minimum atomic E-state index is 0.0732. The number of hydrogen-bond donors (Lipinski definition) is 2. The molecule has 0 aliphatic carbocycles. The Morgan fingerprint density at radius 3 is 2.81 bits per heavy atom. The summed E-state index contributed by atoms with van der Waals surface area (Å²) in [5.74, 6) is 0.476. The van der Waals surface area contributed by atoms with Crippen LogP contribution in [0.4, 0.5) is 5.69 Å². The lowest BCUT2D eigenvalue weighted by Crippen LogP contribution is -2.55. The minimum Gasteiger partial charge on any atom is -0.325 e. The summed E-state index contributed by atoms with van der Waals surface area (Å²) in [7, 11) is 0. The smallest absolute Gasteiger partial charge is 0.238 e. The topological polar surface area (TPSA) is 44.4 Å². The SMILES string of the molecule is CC1CN(CC(=O)Nc2ccccc2C(C)C)C(C)CN1. The molecule has 1 heterocycles. The minimum absolute atomic E-state index is 0.0732. The molecule has 1 aliphatic rings. The number of para-hydroxylation sites is 1. The molecule has 0 aromatic heterocycles. The zero-order valence-corrected chi connectivity index (χ0v) is 13.5. The van der Waals surface area contributed by atoms with E-state index < -0.39 is 0 Å². The van der Waals surface area contributed by atoms with Crippen molar-refractivity contribution in [3.63, 3.8) is 0 Å². The van der Waals surface area contributed by atoms with Gasteiger partial charge in [-0.25, -0.2) is 0 Å². The van der Waals surface area contributed by atoms with Gasteiger partial charge < -0.3 is 10.6 Å². The van der Waals surface area contributed by atoms with Crippen LogP contribution in [0.5, 0.6) is 0 Å². The van der Waals surface area contributed by atoms with Crippen LogP contribution >= 0.6 is 0 Å². The van der Waals surface area contributed by atoms with Crippen LogP contribution in [0.3, 0.4) is 0 Å². The number of amides is 1. The Labute approximate surface area is 127 Å². The van der Waals surface area contributed by atoms with Crippen molar-refractivity contribution in [2.75, 3.05) is 25.0 Å². The Morgan fingerprint density at radius 2 is 2.10 bits per heavy atom. The summed E-state index contributed by atoms with van der Waals surface area (Å²) >= 11 is 0. The van der Waals surface area contributed by atoms with Crippen LogP contribution in [0, 0.1) is 0 Å². The fourth-order valence-corrected chi connectivity index (χ4v) is 2.81. The second kappa shape index (κ2) is 7.05. The van der Waals surface area contributed by atoms with E-state index >= 15 is 0 Å². The van der Waals surface area contributed by atoms with Crippen molar-refractivity contribution in [3.8, 4) is 0 Å². The Balaban J connectivity index is 1.98. The van der Waals surface area contributed by atoms with Crippen LogP contribution in [0.15, 0.2) is 24.3 Å². The van der Waals surface area contributed by atoms with E-state index in [1.165, 1.54) is 5.56 Å². The summed E-state index contributed by atoms with van der Waals surface area (Å²) < 4.78 is 0. The number of rotatable bonds is 4. The average molecular weight is 289 g/mol. The van der Waals surface area contributed by atoms with E-state index in [0.717, 1.165) is 18.8 Å². The number of hydrogen-bond acceptors (Lipinski definition) is 3. The van der Waals surface area contributed by atoms with Gasteiger partial charge in [0.1, 0.15) is 0 Å². The van der Waals surface area contributed by atoms with Crippen molar-refractivity contribution in [3.05, 3.63) is 29.8 Å². The fraction of sp³-hybridized carbons (Fsp3) is 0.588. The van der Waals surface area contributed by atoms with Gasteiger partial charge in [-0.15, -0.1) is 0 Å². The van der Waals surface area contributed by atoms with Crippen LogP contribution in [0.1, 0.15) is 39.2 Å². The predicted molar refractivity (Wildman–Crippen MR) is 87.7 cm³/mol. The summed E-state index contributed by atoms with van der Waals surface area (Å²) in [6, 6.07) is 8.89. The van der Waals surface area contributed by atoms with Gasteiger partial charge in [-0.3, -0.25) is 9.69 Å². The number of anilines is 1. The second-order valence-corrected chi connectivity index (χ2v) is 6.38. The van der Waals surface area contributed by atoms with E-state index in [2.05, 4.69) is 49.3 Å². The van der Waals surface area contributed by atoms with Crippen LogP contribution < -0.4 is 10.6 Å². The third-order valence-electron chi connectivity index (χ3n) is 4.10. The maximum atomic E-state index is 12.3. The maximum Gasteiger partial charge on any atom is 0.238 e. The standard InChI is InChI=1S/C17H27N3O/c1-12(2)15-7-5-6-8-16(15)19-17(21)11-20-10-13(3)18-9-14(20)4/h5-8,12-14,18H,9-11H2,1-4H3,(H,19,21). The van der Waals surface area contributed by atoms with E-state index in [9.17, 15) is 4.79 Å². The number of carbonyl (C=O) groups is 1. The van der Waals surface area contributed by atoms with Crippen molar-refractivity contribution >= 4 is 11.6 Å². The maximum absolute atomic E-state index is 12.3. The lowest BCUT2D eigenvalue weighted by atomic mass is 10.0. The predicted octanol–water partition coefficient (Wildman–Crippen LogP) is 2.43. The Hall–Kier alpha value is -1.39. The fourth-order valence-electron chi connectivity index (χ4n) is 2.81. The molecular formula is C17H27N3O. The molecule has 2 N–H and O–H groups in total. The third-order valence-corrected chi connectivity index (χ3v) is 4.10. The summed E-state index contributed by atoms with van der Waals surface area (Å²) in [5, 5.41) is 6.51. The van der Waals surface area contributed by atoms with Crippen LogP contribution in [0.2, 0.25) is 0 Å². The van der Waals surface area contributed by atoms with Crippen LogP contribution in [-0.4, -0.2) is 42.5 Å². The molecule has 1 aliphatic heterocycles. The van der Waals surface area contributed by atoms with Crippen molar-refractivity contribution in [1.29, 1.82) is 0 Å². The highest BCUT2D eigenvalue weighted by Crippen LogP contribution is 2.23. The first-order valence-corrected chi connectivity index (χ1v) is 7.83. The molecule has 2 atom stereocenters. The first kappa shape index (κ1) is 16.0. The van der Waals surface area contributed by atoms with Gasteiger partial charge in [0.2, 0.25) is 5.91 Å². The van der Waals surface area contributed by atoms with Crippen molar-refractivity contribution in [2.24, 2.45) is 0 Å². The van der Waals surface area contributed by atoms with E-state index in [1.54, 1.807) is 0 Å². The molecule has 1 saturated heterocycles. The summed E-state index contributed by atoms with van der Waals surface area (Å²) in [4.78, 5) is 14.6. The van der Waals surface area contributed by atoms with E-state index in [0.29, 0.717) is 24.5 Å². The summed E-state index contributed by atoms with van der Waals surface area (Å²) in [6.45, 7) is 10.9. The average Bonchev–Trinajstić information content (AvgIpc) is 2.43. The molecule has 1 aromatic carbocycles. The van der Waals surface area contributed by atoms with Gasteiger partial charge in [-0.05, 0) is 31.4 Å². The second-order valence-electron chi connectivity index (χ2n) is 6.38. The number of piperazine rings is 1. The largest absolute Gasteiger partial charge is 0.325 e. The normalized spacial score (nSPS) is 23.3. The molecule has 2 unspecified atom stereocenters. The van der Waals surface area contributed by atoms with Gasteiger partial charge in [-0.2, -0.15) is 0 Å². The Morgan fingerprint density at radius 1 is 1.38 bits per heavy atom. The lowest BCUT2D eigenvalue weighted by molar-refractivity contribution is -0.118. The monoisotopic (exact) mass is 289 g/mol. The first-order valence-electron chi connectivity index (χ1n) is 7.83. The zero-order valence-electron chi connectivity index (χ0n) is 13.5. The van der Waals surface area contributed by atoms with Gasteiger partial charge in [0.25, 0.3) is 0 Å². The van der Waals surface area contributed by atoms with E-state index in [1.807, 2.05) is 18.2 Å². The van der Waals surface area contributed by atoms with Gasteiger partial charge in [-0.1, -0.05) is 32.0 Å². The number of nitrogens with zero attached hydrogens (tertiary/aromatic N) is 1. The molecule has 0 saturated carbocycles. The summed E-state index contributed by atoms with van der Waals surface area (Å²) in [5.41, 5.74) is 2.13. The first-order chi connectivity index (χ1) is 9.97. The van der Waals surface area contributed by atoms with Gasteiger partial charge in [0, 0.05) is 30.9 Å². The van der Waals surface area contributed by atoms with Crippen molar-refractivity contribution < 1.29 is 4.79 Å². The van der Waals surface area contributed by atoms with Gasteiger partial charge >= 0.3 is 0 Å².